The fraction of sp³-hybridized carbons (Fsp3) is 0.176. The number of carbonyl (C=O) groups excluding carboxylic acids is 1. The molecule has 24 heavy (non-hydrogen) atoms. The summed E-state index contributed by atoms with van der Waals surface area (Å²) < 4.78 is 1.53. The Kier molecular flexibility index (Phi) is 4.24. The van der Waals surface area contributed by atoms with E-state index in [-0.39, 0.29) is 23.7 Å². The molecule has 0 atom stereocenters. The Bertz CT molecular complexity index is 928. The molecule has 0 saturated carbocycles. The third-order valence-corrected chi connectivity index (χ3v) is 3.67. The van der Waals surface area contributed by atoms with Crippen molar-refractivity contribution >= 4 is 5.91 Å². The van der Waals surface area contributed by atoms with Gasteiger partial charge in [0.05, 0.1) is 11.9 Å². The zero-order chi connectivity index (χ0) is 17.1. The van der Waals surface area contributed by atoms with Crippen molar-refractivity contribution in [3.8, 4) is 5.69 Å². The van der Waals surface area contributed by atoms with Gasteiger partial charge in [0, 0.05) is 17.8 Å². The van der Waals surface area contributed by atoms with E-state index >= 15 is 0 Å². The number of nitrogens with zero attached hydrogens (tertiary/aromatic N) is 3. The Morgan fingerprint density at radius 3 is 2.71 bits per heavy atom. The summed E-state index contributed by atoms with van der Waals surface area (Å²) in [7, 11) is 0. The molecule has 1 aromatic carbocycles. The van der Waals surface area contributed by atoms with Crippen molar-refractivity contribution in [3.63, 3.8) is 0 Å². The average molecular weight is 323 g/mol. The summed E-state index contributed by atoms with van der Waals surface area (Å²) in [5, 5.41) is 10.5. The van der Waals surface area contributed by atoms with Gasteiger partial charge in [-0.2, -0.15) is 0 Å². The minimum Gasteiger partial charge on any atom is -0.346 e. The van der Waals surface area contributed by atoms with Gasteiger partial charge in [-0.15, -0.1) is 5.10 Å². The minimum absolute atomic E-state index is 0.137. The van der Waals surface area contributed by atoms with E-state index in [1.54, 1.807) is 6.20 Å². The van der Waals surface area contributed by atoms with Gasteiger partial charge in [0.2, 0.25) is 0 Å². The number of carbonyl (C=O) groups is 1. The largest absolute Gasteiger partial charge is 0.346 e. The van der Waals surface area contributed by atoms with Crippen LogP contribution in [0.25, 0.3) is 5.69 Å². The first-order chi connectivity index (χ1) is 11.5. The zero-order valence-electron chi connectivity index (χ0n) is 13.4. The van der Waals surface area contributed by atoms with Crippen LogP contribution in [0.1, 0.15) is 27.3 Å². The van der Waals surface area contributed by atoms with Gasteiger partial charge in [-0.05, 0) is 37.6 Å². The number of nitrogens with one attached hydrogen (secondary N) is 2. The lowest BCUT2D eigenvalue weighted by Gasteiger charge is -2.06. The Balaban J connectivity index is 1.73. The van der Waals surface area contributed by atoms with Gasteiger partial charge in [0.25, 0.3) is 11.5 Å². The molecule has 0 unspecified atom stereocenters. The molecule has 0 saturated heterocycles. The topological polar surface area (TPSA) is 92.7 Å². The maximum Gasteiger partial charge on any atom is 0.273 e. The summed E-state index contributed by atoms with van der Waals surface area (Å²) in [6, 6.07) is 11.3. The van der Waals surface area contributed by atoms with Crippen LogP contribution in [0.3, 0.4) is 0 Å². The van der Waals surface area contributed by atoms with Crippen LogP contribution in [0.15, 0.2) is 47.4 Å². The predicted molar refractivity (Wildman–Crippen MR) is 89.1 cm³/mol. The molecule has 0 spiro atoms. The van der Waals surface area contributed by atoms with Gasteiger partial charge in [-0.3, -0.25) is 9.59 Å². The van der Waals surface area contributed by atoms with Gasteiger partial charge in [0.15, 0.2) is 5.69 Å². The molecule has 2 aromatic heterocycles. The number of H-pyrrole nitrogens is 1. The summed E-state index contributed by atoms with van der Waals surface area (Å²) in [5.74, 6) is -0.378. The SMILES string of the molecule is Cc1cc(C)c(CNC(=O)c2cn(-c3ccccc3)nn2)c(=O)[nH]1. The Morgan fingerprint density at radius 2 is 2.00 bits per heavy atom. The van der Waals surface area contributed by atoms with Crippen LogP contribution in [0.2, 0.25) is 0 Å². The third kappa shape index (κ3) is 3.24. The highest BCUT2D eigenvalue weighted by molar-refractivity contribution is 5.91. The van der Waals surface area contributed by atoms with Gasteiger partial charge in [0.1, 0.15) is 0 Å². The highest BCUT2D eigenvalue weighted by Gasteiger charge is 2.13. The summed E-state index contributed by atoms with van der Waals surface area (Å²) in [6.07, 6.45) is 1.55. The molecule has 0 aliphatic heterocycles. The van der Waals surface area contributed by atoms with Crippen LogP contribution in [0.4, 0.5) is 0 Å². The van der Waals surface area contributed by atoms with E-state index in [2.05, 4.69) is 20.6 Å². The lowest BCUT2D eigenvalue weighted by molar-refractivity contribution is 0.0945. The molecule has 7 nitrogen and oxygen atoms in total. The van der Waals surface area contributed by atoms with Crippen molar-refractivity contribution in [2.45, 2.75) is 20.4 Å². The highest BCUT2D eigenvalue weighted by atomic mass is 16.2. The third-order valence-electron chi connectivity index (χ3n) is 3.67. The molecule has 122 valence electrons. The second kappa shape index (κ2) is 6.49. The molecule has 2 N–H and O–H groups in total. The van der Waals surface area contributed by atoms with Gasteiger partial charge < -0.3 is 10.3 Å². The molecule has 3 rings (SSSR count). The average Bonchev–Trinajstić information content (AvgIpc) is 3.04. The van der Waals surface area contributed by atoms with Crippen molar-refractivity contribution in [2.24, 2.45) is 0 Å². The Labute approximate surface area is 138 Å². The molecular formula is C17H17N5O2. The molecule has 0 aliphatic carbocycles. The van der Waals surface area contributed by atoms with Crippen molar-refractivity contribution in [1.29, 1.82) is 0 Å². The van der Waals surface area contributed by atoms with Crippen LogP contribution < -0.4 is 10.9 Å². The van der Waals surface area contributed by atoms with Crippen molar-refractivity contribution in [3.05, 3.63) is 75.5 Å². The fourth-order valence-electron chi connectivity index (χ4n) is 2.44. The summed E-state index contributed by atoms with van der Waals surface area (Å²) in [6.45, 7) is 3.80. The number of aromatic amines is 1. The number of aryl methyl sites for hydroxylation is 2. The molecular weight excluding hydrogens is 306 g/mol. The van der Waals surface area contributed by atoms with E-state index in [0.717, 1.165) is 16.9 Å². The van der Waals surface area contributed by atoms with E-state index in [0.29, 0.717) is 5.56 Å². The molecule has 0 bridgehead atoms. The standard InChI is InChI=1S/C17H17N5O2/c1-11-8-12(2)19-16(23)14(11)9-18-17(24)15-10-22(21-20-15)13-6-4-3-5-7-13/h3-8,10H,9H2,1-2H3,(H,18,24)(H,19,23). The second-order valence-corrected chi connectivity index (χ2v) is 5.51. The lowest BCUT2D eigenvalue weighted by atomic mass is 10.1. The van der Waals surface area contributed by atoms with E-state index in [1.807, 2.05) is 50.2 Å². The quantitative estimate of drug-likeness (QED) is 0.761. The summed E-state index contributed by atoms with van der Waals surface area (Å²) >= 11 is 0. The number of hydrogen-bond acceptors (Lipinski definition) is 4. The van der Waals surface area contributed by atoms with Crippen LogP contribution in [0, 0.1) is 13.8 Å². The molecule has 2 heterocycles. The van der Waals surface area contributed by atoms with Gasteiger partial charge in [-0.1, -0.05) is 23.4 Å². The van der Waals surface area contributed by atoms with E-state index in [9.17, 15) is 9.59 Å². The lowest BCUT2D eigenvalue weighted by Crippen LogP contribution is -2.28. The number of rotatable bonds is 4. The fourth-order valence-corrected chi connectivity index (χ4v) is 2.44. The van der Waals surface area contributed by atoms with Gasteiger partial charge in [-0.25, -0.2) is 4.68 Å². The molecule has 0 fully saturated rings. The highest BCUT2D eigenvalue weighted by Crippen LogP contribution is 2.06. The minimum atomic E-state index is -0.378. The van der Waals surface area contributed by atoms with Crippen LogP contribution in [-0.2, 0) is 6.54 Å². The summed E-state index contributed by atoms with van der Waals surface area (Å²) in [4.78, 5) is 26.9. The zero-order valence-corrected chi connectivity index (χ0v) is 13.4. The smallest absolute Gasteiger partial charge is 0.273 e. The number of pyridine rings is 1. The van der Waals surface area contributed by atoms with Crippen LogP contribution in [0.5, 0.6) is 0 Å². The predicted octanol–water partition coefficient (Wildman–Crippen LogP) is 1.50. The first-order valence-electron chi connectivity index (χ1n) is 7.50. The molecule has 0 radical (unpaired) electrons. The van der Waals surface area contributed by atoms with Crippen molar-refractivity contribution in [1.82, 2.24) is 25.3 Å². The van der Waals surface area contributed by atoms with E-state index in [1.165, 1.54) is 4.68 Å². The number of aromatic nitrogens is 4. The van der Waals surface area contributed by atoms with Crippen molar-refractivity contribution in [2.75, 3.05) is 0 Å². The van der Waals surface area contributed by atoms with Crippen molar-refractivity contribution < 1.29 is 4.79 Å². The molecule has 0 aliphatic rings. The van der Waals surface area contributed by atoms with Crippen LogP contribution >= 0.6 is 0 Å². The second-order valence-electron chi connectivity index (χ2n) is 5.51. The molecule has 1 amide bonds. The maximum atomic E-state index is 12.2. The van der Waals surface area contributed by atoms with Crippen LogP contribution in [-0.4, -0.2) is 25.9 Å². The first-order valence-corrected chi connectivity index (χ1v) is 7.50. The molecule has 3 aromatic rings. The Hall–Kier alpha value is -3.22. The monoisotopic (exact) mass is 323 g/mol. The van der Waals surface area contributed by atoms with E-state index in [4.69, 9.17) is 0 Å². The summed E-state index contributed by atoms with van der Waals surface area (Å²) in [5.41, 5.74) is 2.97. The normalized spacial score (nSPS) is 10.6. The maximum absolute atomic E-state index is 12.2. The van der Waals surface area contributed by atoms with Gasteiger partial charge >= 0.3 is 0 Å². The molecule has 7 heteroatoms. The number of hydrogen-bond donors (Lipinski definition) is 2. The first kappa shape index (κ1) is 15.7. The van der Waals surface area contributed by atoms with E-state index < -0.39 is 0 Å². The number of para-hydroxylation sites is 1. The Morgan fingerprint density at radius 1 is 1.25 bits per heavy atom. The number of benzene rings is 1. The number of amides is 1.